The molecule has 0 aliphatic carbocycles. The Bertz CT molecular complexity index is 387. The highest BCUT2D eigenvalue weighted by Gasteiger charge is 2.17. The van der Waals surface area contributed by atoms with Crippen LogP contribution in [0.2, 0.25) is 10.0 Å². The fraction of sp³-hybridized carbons (Fsp3) is 0.500. The number of nitrogens with zero attached hydrogens (tertiary/aromatic N) is 1. The summed E-state index contributed by atoms with van der Waals surface area (Å²) in [5, 5.41) is 4.41. The molecular weight excluding hydrogens is 259 g/mol. The molecule has 1 aromatic carbocycles. The smallest absolute Gasteiger partial charge is 0.0874 e. The quantitative estimate of drug-likeness (QED) is 0.918. The molecule has 1 unspecified atom stereocenters. The molecule has 94 valence electrons. The van der Waals surface area contributed by atoms with Crippen LogP contribution < -0.4 is 5.32 Å². The third kappa shape index (κ3) is 3.49. The van der Waals surface area contributed by atoms with Crippen LogP contribution in [0.15, 0.2) is 18.2 Å². The van der Waals surface area contributed by atoms with Crippen molar-refractivity contribution in [3.05, 3.63) is 28.2 Å². The van der Waals surface area contributed by atoms with Crippen LogP contribution in [0.1, 0.15) is 0 Å². The Morgan fingerprint density at radius 3 is 3.06 bits per heavy atom. The maximum Gasteiger partial charge on any atom is 0.0874 e. The summed E-state index contributed by atoms with van der Waals surface area (Å²) in [4.78, 5) is 2.26. The molecule has 17 heavy (non-hydrogen) atoms. The van der Waals surface area contributed by atoms with Crippen LogP contribution in [0.25, 0.3) is 0 Å². The Balaban J connectivity index is 1.91. The standard InChI is InChI=1S/C12H16Cl2N2O/c1-16-5-6-17-9(8-16)7-15-11-4-2-3-10(13)12(11)14/h2-4,9,15H,5-8H2,1H3. The minimum Gasteiger partial charge on any atom is -0.381 e. The van der Waals surface area contributed by atoms with Crippen molar-refractivity contribution < 1.29 is 4.74 Å². The molecule has 1 aromatic rings. The van der Waals surface area contributed by atoms with Gasteiger partial charge in [0, 0.05) is 19.6 Å². The van der Waals surface area contributed by atoms with Crippen LogP contribution in [0, 0.1) is 0 Å². The van der Waals surface area contributed by atoms with Crippen molar-refractivity contribution in [2.45, 2.75) is 6.10 Å². The van der Waals surface area contributed by atoms with Gasteiger partial charge >= 0.3 is 0 Å². The first kappa shape index (κ1) is 13.0. The summed E-state index contributed by atoms with van der Waals surface area (Å²) in [6.07, 6.45) is 0.198. The highest BCUT2D eigenvalue weighted by Crippen LogP contribution is 2.29. The van der Waals surface area contributed by atoms with E-state index in [0.29, 0.717) is 10.0 Å². The number of nitrogens with one attached hydrogen (secondary N) is 1. The number of benzene rings is 1. The molecule has 1 aliphatic heterocycles. The Morgan fingerprint density at radius 1 is 1.47 bits per heavy atom. The lowest BCUT2D eigenvalue weighted by atomic mass is 10.2. The zero-order valence-electron chi connectivity index (χ0n) is 9.75. The van der Waals surface area contributed by atoms with Crippen LogP contribution in [0.5, 0.6) is 0 Å². The van der Waals surface area contributed by atoms with Gasteiger partial charge in [-0.3, -0.25) is 0 Å². The molecule has 0 saturated carbocycles. The minimum absolute atomic E-state index is 0.198. The van der Waals surface area contributed by atoms with E-state index in [9.17, 15) is 0 Å². The van der Waals surface area contributed by atoms with Gasteiger partial charge in [-0.05, 0) is 19.2 Å². The van der Waals surface area contributed by atoms with Gasteiger partial charge in [0.1, 0.15) is 0 Å². The zero-order chi connectivity index (χ0) is 12.3. The lowest BCUT2D eigenvalue weighted by molar-refractivity contribution is -0.0117. The molecule has 1 saturated heterocycles. The summed E-state index contributed by atoms with van der Waals surface area (Å²) in [6.45, 7) is 3.45. The average molecular weight is 275 g/mol. The van der Waals surface area contributed by atoms with Crippen molar-refractivity contribution in [3.63, 3.8) is 0 Å². The topological polar surface area (TPSA) is 24.5 Å². The van der Waals surface area contributed by atoms with Gasteiger partial charge in [-0.1, -0.05) is 29.3 Å². The van der Waals surface area contributed by atoms with E-state index in [1.165, 1.54) is 0 Å². The highest BCUT2D eigenvalue weighted by molar-refractivity contribution is 6.43. The fourth-order valence-electron chi connectivity index (χ4n) is 1.85. The number of anilines is 1. The van der Waals surface area contributed by atoms with Gasteiger partial charge in [-0.2, -0.15) is 0 Å². The van der Waals surface area contributed by atoms with Crippen molar-refractivity contribution in [1.29, 1.82) is 0 Å². The molecule has 1 fully saturated rings. The van der Waals surface area contributed by atoms with E-state index in [-0.39, 0.29) is 6.10 Å². The molecule has 2 rings (SSSR count). The monoisotopic (exact) mass is 274 g/mol. The van der Waals surface area contributed by atoms with Crippen molar-refractivity contribution in [2.24, 2.45) is 0 Å². The highest BCUT2D eigenvalue weighted by atomic mass is 35.5. The Morgan fingerprint density at radius 2 is 2.29 bits per heavy atom. The van der Waals surface area contributed by atoms with Crippen LogP contribution in [-0.4, -0.2) is 44.3 Å². The van der Waals surface area contributed by atoms with Gasteiger partial charge in [0.05, 0.1) is 28.4 Å². The molecule has 3 nitrogen and oxygen atoms in total. The van der Waals surface area contributed by atoms with E-state index >= 15 is 0 Å². The van der Waals surface area contributed by atoms with Gasteiger partial charge in [-0.15, -0.1) is 0 Å². The largest absolute Gasteiger partial charge is 0.381 e. The first-order valence-electron chi connectivity index (χ1n) is 5.65. The first-order chi connectivity index (χ1) is 8.16. The van der Waals surface area contributed by atoms with E-state index in [2.05, 4.69) is 17.3 Å². The van der Waals surface area contributed by atoms with E-state index in [0.717, 1.165) is 31.9 Å². The van der Waals surface area contributed by atoms with Gasteiger partial charge in [0.25, 0.3) is 0 Å². The Labute approximate surface area is 112 Å². The second-order valence-electron chi connectivity index (χ2n) is 4.24. The van der Waals surface area contributed by atoms with Crippen LogP contribution in [0.4, 0.5) is 5.69 Å². The summed E-state index contributed by atoms with van der Waals surface area (Å²) in [6, 6.07) is 5.57. The van der Waals surface area contributed by atoms with Crippen molar-refractivity contribution in [1.82, 2.24) is 4.90 Å². The lowest BCUT2D eigenvalue weighted by Crippen LogP contribution is -2.43. The molecule has 1 atom stereocenters. The van der Waals surface area contributed by atoms with Crippen molar-refractivity contribution in [2.75, 3.05) is 38.6 Å². The van der Waals surface area contributed by atoms with Crippen molar-refractivity contribution in [3.8, 4) is 0 Å². The van der Waals surface area contributed by atoms with Gasteiger partial charge in [0.15, 0.2) is 0 Å². The average Bonchev–Trinajstić information content (AvgIpc) is 2.31. The van der Waals surface area contributed by atoms with Crippen LogP contribution >= 0.6 is 23.2 Å². The molecule has 1 heterocycles. The SMILES string of the molecule is CN1CCOC(CNc2cccc(Cl)c2Cl)C1. The number of halogens is 2. The molecule has 0 radical (unpaired) electrons. The molecule has 5 heteroatoms. The first-order valence-corrected chi connectivity index (χ1v) is 6.40. The Kier molecular flexibility index (Phi) is 4.51. The van der Waals surface area contributed by atoms with Crippen LogP contribution in [0.3, 0.4) is 0 Å². The fourth-order valence-corrected chi connectivity index (χ4v) is 2.22. The normalized spacial score (nSPS) is 21.5. The second kappa shape index (κ2) is 5.91. The maximum absolute atomic E-state index is 6.09. The van der Waals surface area contributed by atoms with E-state index in [1.807, 2.05) is 12.1 Å². The van der Waals surface area contributed by atoms with Crippen molar-refractivity contribution >= 4 is 28.9 Å². The summed E-state index contributed by atoms with van der Waals surface area (Å²) in [7, 11) is 2.10. The predicted octanol–water partition coefficient (Wildman–Crippen LogP) is 2.74. The number of hydrogen-bond acceptors (Lipinski definition) is 3. The van der Waals surface area contributed by atoms with Crippen LogP contribution in [-0.2, 0) is 4.74 Å². The van der Waals surface area contributed by atoms with Gasteiger partial charge in [0.2, 0.25) is 0 Å². The molecule has 1 aliphatic rings. The Hall–Kier alpha value is -0.480. The summed E-state index contributed by atoms with van der Waals surface area (Å²) < 4.78 is 5.66. The lowest BCUT2D eigenvalue weighted by Gasteiger charge is -2.30. The van der Waals surface area contributed by atoms with Gasteiger partial charge in [-0.25, -0.2) is 0 Å². The molecular formula is C12H16Cl2N2O. The van der Waals surface area contributed by atoms with E-state index in [4.69, 9.17) is 27.9 Å². The maximum atomic E-state index is 6.09. The number of likely N-dealkylation sites (N-methyl/N-ethyl adjacent to an activating group) is 1. The molecule has 0 amide bonds. The molecule has 1 N–H and O–H groups in total. The minimum atomic E-state index is 0.198. The van der Waals surface area contributed by atoms with E-state index in [1.54, 1.807) is 6.07 Å². The second-order valence-corrected chi connectivity index (χ2v) is 5.02. The van der Waals surface area contributed by atoms with Gasteiger partial charge < -0.3 is 15.0 Å². The summed E-state index contributed by atoms with van der Waals surface area (Å²) in [5.74, 6) is 0. The molecule has 0 bridgehead atoms. The molecule has 0 aromatic heterocycles. The number of ether oxygens (including phenoxy) is 1. The summed E-state index contributed by atoms with van der Waals surface area (Å²) >= 11 is 12.0. The predicted molar refractivity (Wildman–Crippen MR) is 72.2 cm³/mol. The third-order valence-electron chi connectivity index (χ3n) is 2.81. The third-order valence-corrected chi connectivity index (χ3v) is 3.63. The van der Waals surface area contributed by atoms with E-state index < -0.39 is 0 Å². The number of morpholine rings is 1. The number of rotatable bonds is 3. The molecule has 0 spiro atoms. The number of hydrogen-bond donors (Lipinski definition) is 1. The zero-order valence-corrected chi connectivity index (χ0v) is 11.3. The summed E-state index contributed by atoms with van der Waals surface area (Å²) in [5.41, 5.74) is 0.857.